The van der Waals surface area contributed by atoms with E-state index in [9.17, 15) is 4.79 Å². The fourth-order valence-electron chi connectivity index (χ4n) is 4.51. The van der Waals surface area contributed by atoms with E-state index in [1.165, 1.54) is 16.9 Å². The second kappa shape index (κ2) is 8.91. The highest BCUT2D eigenvalue weighted by Crippen LogP contribution is 2.34. The average Bonchev–Trinajstić information content (AvgIpc) is 3.52. The molecule has 0 N–H and O–H groups in total. The molecule has 4 heterocycles. The number of aromatic nitrogens is 1. The van der Waals surface area contributed by atoms with E-state index in [2.05, 4.69) is 11.0 Å². The second-order valence-corrected chi connectivity index (χ2v) is 10.1. The monoisotopic (exact) mass is 491 g/mol. The molecule has 2 aliphatic heterocycles. The molecule has 0 unspecified atom stereocenters. The highest BCUT2D eigenvalue weighted by Gasteiger charge is 2.25. The predicted octanol–water partition coefficient (Wildman–Crippen LogP) is 5.30. The van der Waals surface area contributed by atoms with Crippen molar-refractivity contribution in [2.24, 2.45) is 0 Å². The first kappa shape index (κ1) is 21.4. The Morgan fingerprint density at radius 1 is 0.971 bits per heavy atom. The number of pyridine rings is 1. The molecule has 34 heavy (non-hydrogen) atoms. The molecule has 6 nitrogen and oxygen atoms in total. The first-order valence-corrected chi connectivity index (χ1v) is 12.4. The molecule has 2 aromatic heterocycles. The molecule has 0 aliphatic carbocycles. The largest absolute Gasteiger partial charge is 0.454 e. The Bertz CT molecular complexity index is 1380. The maximum Gasteiger partial charge on any atom is 0.254 e. The maximum absolute atomic E-state index is 13.6. The van der Waals surface area contributed by atoms with Gasteiger partial charge in [0.05, 0.1) is 26.0 Å². The molecular formula is C26H22ClN3O3S. The van der Waals surface area contributed by atoms with Gasteiger partial charge in [0.2, 0.25) is 6.79 Å². The lowest BCUT2D eigenvalue weighted by atomic mass is 10.1. The van der Waals surface area contributed by atoms with Gasteiger partial charge in [0.25, 0.3) is 5.91 Å². The zero-order chi connectivity index (χ0) is 23.1. The van der Waals surface area contributed by atoms with Gasteiger partial charge >= 0.3 is 0 Å². The van der Waals surface area contributed by atoms with Crippen LogP contribution in [-0.2, 0) is 6.54 Å². The number of amides is 1. The van der Waals surface area contributed by atoms with Crippen molar-refractivity contribution in [2.45, 2.75) is 6.54 Å². The number of piperazine rings is 1. The van der Waals surface area contributed by atoms with Crippen LogP contribution in [0.5, 0.6) is 11.5 Å². The number of rotatable bonds is 4. The lowest BCUT2D eigenvalue weighted by Gasteiger charge is -2.35. The molecule has 1 fully saturated rings. The third-order valence-corrected chi connectivity index (χ3v) is 7.53. The van der Waals surface area contributed by atoms with Gasteiger partial charge in [0, 0.05) is 38.1 Å². The summed E-state index contributed by atoms with van der Waals surface area (Å²) in [5.41, 5.74) is 3.47. The summed E-state index contributed by atoms with van der Waals surface area (Å²) in [6, 6.07) is 19.6. The van der Waals surface area contributed by atoms with Crippen molar-refractivity contribution in [1.29, 1.82) is 0 Å². The molecule has 172 valence electrons. The smallest absolute Gasteiger partial charge is 0.254 e. The standard InChI is InChI=1S/C26H22ClN3O3S/c27-25-8-7-24(34-25)21-14-19(18-3-1-2-4-20(18)28-21)26(31)30-11-9-29(10-12-30)15-17-5-6-22-23(13-17)33-16-32-22/h1-8,13-14H,9-12,15-16H2. The van der Waals surface area contributed by atoms with Gasteiger partial charge in [0.1, 0.15) is 0 Å². The van der Waals surface area contributed by atoms with E-state index in [1.807, 2.05) is 59.5 Å². The predicted molar refractivity (Wildman–Crippen MR) is 134 cm³/mol. The van der Waals surface area contributed by atoms with Crippen LogP contribution in [0.2, 0.25) is 4.34 Å². The van der Waals surface area contributed by atoms with Crippen molar-refractivity contribution in [3.63, 3.8) is 0 Å². The van der Waals surface area contributed by atoms with E-state index < -0.39 is 0 Å². The summed E-state index contributed by atoms with van der Waals surface area (Å²) < 4.78 is 11.6. The van der Waals surface area contributed by atoms with Crippen molar-refractivity contribution in [1.82, 2.24) is 14.8 Å². The number of halogens is 1. The lowest BCUT2D eigenvalue weighted by molar-refractivity contribution is 0.0630. The highest BCUT2D eigenvalue weighted by molar-refractivity contribution is 7.19. The summed E-state index contributed by atoms with van der Waals surface area (Å²) in [7, 11) is 0. The van der Waals surface area contributed by atoms with E-state index in [4.69, 9.17) is 26.1 Å². The zero-order valence-electron chi connectivity index (χ0n) is 18.4. The summed E-state index contributed by atoms with van der Waals surface area (Å²) in [6.07, 6.45) is 0. The Labute approximate surface area is 206 Å². The van der Waals surface area contributed by atoms with Gasteiger partial charge in [-0.3, -0.25) is 9.69 Å². The van der Waals surface area contributed by atoms with Gasteiger partial charge in [0.15, 0.2) is 11.5 Å². The van der Waals surface area contributed by atoms with Crippen molar-refractivity contribution >= 4 is 39.7 Å². The summed E-state index contributed by atoms with van der Waals surface area (Å²) in [5, 5.41) is 0.877. The quantitative estimate of drug-likeness (QED) is 0.387. The van der Waals surface area contributed by atoms with E-state index in [-0.39, 0.29) is 12.7 Å². The summed E-state index contributed by atoms with van der Waals surface area (Å²) in [4.78, 5) is 23.7. The molecular weight excluding hydrogens is 470 g/mol. The number of para-hydroxylation sites is 1. The lowest BCUT2D eigenvalue weighted by Crippen LogP contribution is -2.48. The maximum atomic E-state index is 13.6. The molecule has 8 heteroatoms. The first-order valence-electron chi connectivity index (χ1n) is 11.2. The van der Waals surface area contributed by atoms with Gasteiger partial charge in [-0.2, -0.15) is 0 Å². The Kier molecular flexibility index (Phi) is 5.61. The minimum atomic E-state index is 0.0465. The number of nitrogens with zero attached hydrogens (tertiary/aromatic N) is 3. The van der Waals surface area contributed by atoms with Crippen molar-refractivity contribution in [2.75, 3.05) is 33.0 Å². The number of benzene rings is 2. The minimum Gasteiger partial charge on any atom is -0.454 e. The molecule has 0 radical (unpaired) electrons. The van der Waals surface area contributed by atoms with Crippen LogP contribution < -0.4 is 9.47 Å². The van der Waals surface area contributed by atoms with Crippen molar-refractivity contribution in [3.8, 4) is 22.1 Å². The second-order valence-electron chi connectivity index (χ2n) is 8.43. The van der Waals surface area contributed by atoms with Crippen LogP contribution in [-0.4, -0.2) is 53.7 Å². The van der Waals surface area contributed by atoms with Crippen LogP contribution in [0, 0.1) is 0 Å². The van der Waals surface area contributed by atoms with Crippen molar-refractivity contribution < 1.29 is 14.3 Å². The van der Waals surface area contributed by atoms with Crippen LogP contribution in [0.25, 0.3) is 21.5 Å². The van der Waals surface area contributed by atoms with Crippen LogP contribution >= 0.6 is 22.9 Å². The Morgan fingerprint density at radius 2 is 1.79 bits per heavy atom. The van der Waals surface area contributed by atoms with E-state index in [1.54, 1.807) is 0 Å². The summed E-state index contributed by atoms with van der Waals surface area (Å²) in [6.45, 7) is 4.10. The van der Waals surface area contributed by atoms with Crippen LogP contribution in [0.3, 0.4) is 0 Å². The molecule has 0 atom stereocenters. The molecule has 1 amide bonds. The molecule has 2 aliphatic rings. The molecule has 0 bridgehead atoms. The molecule has 6 rings (SSSR count). The Morgan fingerprint density at radius 3 is 2.62 bits per heavy atom. The van der Waals surface area contributed by atoms with Crippen molar-refractivity contribution in [3.05, 3.63) is 76.1 Å². The fourth-order valence-corrected chi connectivity index (χ4v) is 5.51. The third-order valence-electron chi connectivity index (χ3n) is 6.27. The number of fused-ring (bicyclic) bond motifs is 2. The number of hydrogen-bond donors (Lipinski definition) is 0. The average molecular weight is 492 g/mol. The first-order chi connectivity index (χ1) is 16.6. The van der Waals surface area contributed by atoms with E-state index in [0.717, 1.165) is 52.6 Å². The summed E-state index contributed by atoms with van der Waals surface area (Å²) >= 11 is 7.62. The van der Waals surface area contributed by atoms with Gasteiger partial charge in [-0.25, -0.2) is 4.98 Å². The normalized spacial score (nSPS) is 15.7. The van der Waals surface area contributed by atoms with Gasteiger partial charge < -0.3 is 14.4 Å². The van der Waals surface area contributed by atoms with Gasteiger partial charge in [-0.05, 0) is 42.0 Å². The minimum absolute atomic E-state index is 0.0465. The topological polar surface area (TPSA) is 54.9 Å². The van der Waals surface area contributed by atoms with Crippen LogP contribution in [0.15, 0.2) is 60.7 Å². The van der Waals surface area contributed by atoms with Crippen LogP contribution in [0.4, 0.5) is 0 Å². The number of carbonyl (C=O) groups excluding carboxylic acids is 1. The molecule has 0 saturated carbocycles. The molecule has 2 aromatic carbocycles. The number of thiophene rings is 1. The third kappa shape index (κ3) is 4.11. The number of ether oxygens (including phenoxy) is 2. The van der Waals surface area contributed by atoms with Gasteiger partial charge in [-0.1, -0.05) is 35.9 Å². The summed E-state index contributed by atoms with van der Waals surface area (Å²) in [5.74, 6) is 1.65. The van der Waals surface area contributed by atoms with Crippen LogP contribution in [0.1, 0.15) is 15.9 Å². The number of hydrogen-bond acceptors (Lipinski definition) is 6. The SMILES string of the molecule is O=C(c1cc(-c2ccc(Cl)s2)nc2ccccc12)N1CCN(Cc2ccc3c(c2)OCO3)CC1. The van der Waals surface area contributed by atoms with E-state index in [0.29, 0.717) is 23.0 Å². The molecule has 1 saturated heterocycles. The van der Waals surface area contributed by atoms with E-state index >= 15 is 0 Å². The number of carbonyl (C=O) groups is 1. The molecule has 4 aromatic rings. The Balaban J connectivity index is 1.20. The Hall–Kier alpha value is -3.13. The highest BCUT2D eigenvalue weighted by atomic mass is 35.5. The fraction of sp³-hybridized carbons (Fsp3) is 0.231. The molecule has 0 spiro atoms. The zero-order valence-corrected chi connectivity index (χ0v) is 19.9. The van der Waals surface area contributed by atoms with Gasteiger partial charge in [-0.15, -0.1) is 11.3 Å².